The zero-order chi connectivity index (χ0) is 15.5. The van der Waals surface area contributed by atoms with Crippen LogP contribution >= 0.6 is 0 Å². The molecule has 4 heteroatoms. The van der Waals surface area contributed by atoms with E-state index in [1.165, 1.54) is 19.3 Å². The summed E-state index contributed by atoms with van der Waals surface area (Å²) in [6.45, 7) is 12.3. The maximum Gasteiger partial charge on any atom is 0.410 e. The predicted octanol–water partition coefficient (Wildman–Crippen LogP) is 3.43. The van der Waals surface area contributed by atoms with Crippen molar-refractivity contribution < 1.29 is 9.53 Å². The van der Waals surface area contributed by atoms with E-state index in [1.807, 2.05) is 31.7 Å². The van der Waals surface area contributed by atoms with Crippen molar-refractivity contribution in [1.29, 1.82) is 0 Å². The molecule has 4 nitrogen and oxygen atoms in total. The zero-order valence-electron chi connectivity index (χ0n) is 13.8. The first-order valence-corrected chi connectivity index (χ1v) is 8.25. The van der Waals surface area contributed by atoms with Crippen molar-refractivity contribution in [2.45, 2.75) is 70.6 Å². The fourth-order valence-electron chi connectivity index (χ4n) is 2.99. The third kappa shape index (κ3) is 5.03. The summed E-state index contributed by atoms with van der Waals surface area (Å²) in [7, 11) is 0. The van der Waals surface area contributed by atoms with E-state index in [0.29, 0.717) is 6.04 Å². The van der Waals surface area contributed by atoms with Gasteiger partial charge in [-0.25, -0.2) is 4.79 Å². The third-order valence-corrected chi connectivity index (χ3v) is 4.12. The average molecular weight is 294 g/mol. The van der Waals surface area contributed by atoms with Crippen molar-refractivity contribution in [3.8, 4) is 0 Å². The van der Waals surface area contributed by atoms with Crippen LogP contribution in [0, 0.1) is 0 Å². The molecule has 0 radical (unpaired) electrons. The van der Waals surface area contributed by atoms with E-state index in [4.69, 9.17) is 4.74 Å². The van der Waals surface area contributed by atoms with Gasteiger partial charge < -0.3 is 9.64 Å². The molecule has 1 amide bonds. The van der Waals surface area contributed by atoms with E-state index in [9.17, 15) is 4.79 Å². The standard InChI is InChI=1S/C17H30N2O2/c1-5-6-7-11-19(14-8-9-14)15-10-12-18(13-15)16(20)21-17(2,3)4/h5,14-15H,1,6-13H2,2-4H3/t15-/m1/s1. The van der Waals surface area contributed by atoms with Gasteiger partial charge in [0.2, 0.25) is 0 Å². The minimum atomic E-state index is -0.407. The maximum atomic E-state index is 12.1. The van der Waals surface area contributed by atoms with E-state index in [2.05, 4.69) is 11.5 Å². The zero-order valence-corrected chi connectivity index (χ0v) is 13.8. The molecule has 1 saturated carbocycles. The molecule has 1 atom stereocenters. The molecule has 1 saturated heterocycles. The van der Waals surface area contributed by atoms with Gasteiger partial charge in [-0.05, 0) is 59.4 Å². The molecule has 0 bridgehead atoms. The largest absolute Gasteiger partial charge is 0.444 e. The highest BCUT2D eigenvalue weighted by Gasteiger charge is 2.38. The summed E-state index contributed by atoms with van der Waals surface area (Å²) < 4.78 is 5.48. The molecular formula is C17H30N2O2. The Balaban J connectivity index is 1.84. The maximum absolute atomic E-state index is 12.1. The van der Waals surface area contributed by atoms with Crippen molar-refractivity contribution >= 4 is 6.09 Å². The Morgan fingerprint density at radius 1 is 1.33 bits per heavy atom. The number of unbranched alkanes of at least 4 members (excludes halogenated alkanes) is 1. The first-order valence-electron chi connectivity index (χ1n) is 8.25. The Kier molecular flexibility index (Phi) is 5.31. The van der Waals surface area contributed by atoms with Crippen LogP contribution in [0.1, 0.15) is 52.9 Å². The molecule has 0 N–H and O–H groups in total. The first kappa shape index (κ1) is 16.3. The summed E-state index contributed by atoms with van der Waals surface area (Å²) in [5.74, 6) is 0. The van der Waals surface area contributed by atoms with E-state index < -0.39 is 5.60 Å². The minimum Gasteiger partial charge on any atom is -0.444 e. The topological polar surface area (TPSA) is 32.8 Å². The fraction of sp³-hybridized carbons (Fsp3) is 0.824. The van der Waals surface area contributed by atoms with E-state index >= 15 is 0 Å². The van der Waals surface area contributed by atoms with Crippen LogP contribution in [-0.2, 0) is 4.74 Å². The van der Waals surface area contributed by atoms with Crippen LogP contribution in [0.5, 0.6) is 0 Å². The van der Waals surface area contributed by atoms with Crippen molar-refractivity contribution in [2.75, 3.05) is 19.6 Å². The Labute approximate surface area is 129 Å². The second kappa shape index (κ2) is 6.82. The number of likely N-dealkylation sites (tertiary alicyclic amines) is 1. The normalized spacial score (nSPS) is 22.7. The summed E-state index contributed by atoms with van der Waals surface area (Å²) in [5.41, 5.74) is -0.407. The van der Waals surface area contributed by atoms with Gasteiger partial charge in [0.05, 0.1) is 0 Å². The van der Waals surface area contributed by atoms with Crippen LogP contribution in [0.15, 0.2) is 12.7 Å². The van der Waals surface area contributed by atoms with Crippen molar-refractivity contribution in [3.63, 3.8) is 0 Å². The number of rotatable bonds is 6. The molecule has 0 aromatic heterocycles. The van der Waals surface area contributed by atoms with Gasteiger partial charge in [0.1, 0.15) is 5.60 Å². The Morgan fingerprint density at radius 2 is 2.05 bits per heavy atom. The van der Waals surface area contributed by atoms with Crippen LogP contribution < -0.4 is 0 Å². The van der Waals surface area contributed by atoms with Gasteiger partial charge >= 0.3 is 6.09 Å². The first-order chi connectivity index (χ1) is 9.90. The molecule has 2 rings (SSSR count). The molecule has 21 heavy (non-hydrogen) atoms. The fourth-order valence-corrected chi connectivity index (χ4v) is 2.99. The molecular weight excluding hydrogens is 264 g/mol. The summed E-state index contributed by atoms with van der Waals surface area (Å²) in [5, 5.41) is 0. The predicted molar refractivity (Wildman–Crippen MR) is 85.4 cm³/mol. The molecule has 1 heterocycles. The molecule has 120 valence electrons. The van der Waals surface area contributed by atoms with Gasteiger partial charge in [-0.1, -0.05) is 6.08 Å². The molecule has 1 aliphatic heterocycles. The third-order valence-electron chi connectivity index (χ3n) is 4.12. The number of nitrogens with zero attached hydrogens (tertiary/aromatic N) is 2. The molecule has 2 aliphatic rings. The number of carbonyl (C=O) groups excluding carboxylic acids is 1. The lowest BCUT2D eigenvalue weighted by Crippen LogP contribution is -2.42. The van der Waals surface area contributed by atoms with Gasteiger partial charge in [0.25, 0.3) is 0 Å². The quantitative estimate of drug-likeness (QED) is 0.556. The van der Waals surface area contributed by atoms with Gasteiger partial charge in [-0.15, -0.1) is 6.58 Å². The Hall–Kier alpha value is -1.03. The van der Waals surface area contributed by atoms with Crippen LogP contribution in [0.2, 0.25) is 0 Å². The summed E-state index contributed by atoms with van der Waals surface area (Å²) in [6, 6.07) is 1.26. The second-order valence-electron chi connectivity index (χ2n) is 7.27. The summed E-state index contributed by atoms with van der Waals surface area (Å²) in [6.07, 6.45) is 7.78. The Bertz CT molecular complexity index is 371. The number of allylic oxidation sites excluding steroid dienone is 1. The minimum absolute atomic E-state index is 0.160. The number of hydrogen-bond donors (Lipinski definition) is 0. The van der Waals surface area contributed by atoms with E-state index in [1.54, 1.807) is 0 Å². The van der Waals surface area contributed by atoms with Crippen LogP contribution in [0.4, 0.5) is 4.79 Å². The van der Waals surface area contributed by atoms with E-state index in [0.717, 1.165) is 38.5 Å². The highest BCUT2D eigenvalue weighted by Crippen LogP contribution is 2.32. The highest BCUT2D eigenvalue weighted by atomic mass is 16.6. The van der Waals surface area contributed by atoms with Crippen molar-refractivity contribution in [3.05, 3.63) is 12.7 Å². The second-order valence-corrected chi connectivity index (χ2v) is 7.27. The van der Waals surface area contributed by atoms with Crippen LogP contribution in [0.25, 0.3) is 0 Å². The molecule has 0 unspecified atom stereocenters. The lowest BCUT2D eigenvalue weighted by Gasteiger charge is -2.29. The van der Waals surface area contributed by atoms with Crippen LogP contribution in [0.3, 0.4) is 0 Å². The van der Waals surface area contributed by atoms with Crippen molar-refractivity contribution in [2.24, 2.45) is 0 Å². The number of hydrogen-bond acceptors (Lipinski definition) is 3. The van der Waals surface area contributed by atoms with Gasteiger partial charge in [-0.3, -0.25) is 4.90 Å². The molecule has 0 aromatic carbocycles. The number of ether oxygens (including phenoxy) is 1. The van der Waals surface area contributed by atoms with Crippen molar-refractivity contribution in [1.82, 2.24) is 9.80 Å². The lowest BCUT2D eigenvalue weighted by atomic mass is 10.2. The highest BCUT2D eigenvalue weighted by molar-refractivity contribution is 5.68. The molecule has 0 spiro atoms. The van der Waals surface area contributed by atoms with Gasteiger partial charge in [0.15, 0.2) is 0 Å². The molecule has 1 aliphatic carbocycles. The SMILES string of the molecule is C=CCCCN(C1CC1)[C@@H]1CCN(C(=O)OC(C)(C)C)C1. The van der Waals surface area contributed by atoms with E-state index in [-0.39, 0.29) is 6.09 Å². The lowest BCUT2D eigenvalue weighted by molar-refractivity contribution is 0.0278. The molecule has 0 aromatic rings. The Morgan fingerprint density at radius 3 is 2.62 bits per heavy atom. The smallest absolute Gasteiger partial charge is 0.410 e. The number of carbonyl (C=O) groups is 1. The average Bonchev–Trinajstić information content (AvgIpc) is 3.09. The number of amides is 1. The summed E-state index contributed by atoms with van der Waals surface area (Å²) >= 11 is 0. The van der Waals surface area contributed by atoms with Gasteiger partial charge in [0, 0.05) is 25.2 Å². The monoisotopic (exact) mass is 294 g/mol. The summed E-state index contributed by atoms with van der Waals surface area (Å²) in [4.78, 5) is 16.6. The van der Waals surface area contributed by atoms with Crippen LogP contribution in [-0.4, -0.2) is 53.2 Å². The molecule has 2 fully saturated rings. The van der Waals surface area contributed by atoms with Gasteiger partial charge in [-0.2, -0.15) is 0 Å².